The van der Waals surface area contributed by atoms with Gasteiger partial charge in [-0.1, -0.05) is 0 Å². The minimum atomic E-state index is -0.982. The molecule has 0 rings (SSSR count). The number of aliphatic carboxylic acids is 1. The number of hydrogen-bond acceptors (Lipinski definition) is 14. The SMILES string of the molecule is CNCCOCCOCCOCCOCCOCCOCCOCCOCCOCCOCCOCCCNC(=O)CCC(=O)O. The molecule has 0 aliphatic rings. The summed E-state index contributed by atoms with van der Waals surface area (Å²) in [5.74, 6) is -1.25. The molecule has 0 unspecified atom stereocenters. The van der Waals surface area contributed by atoms with Gasteiger partial charge in [-0.15, -0.1) is 0 Å². The summed E-state index contributed by atoms with van der Waals surface area (Å²) >= 11 is 0. The molecule has 0 aromatic heterocycles. The molecule has 0 heterocycles. The fourth-order valence-electron chi connectivity index (χ4n) is 3.19. The summed E-state index contributed by atoms with van der Waals surface area (Å²) < 4.78 is 59.8. The molecular formula is C30H60N2O14. The number of carboxylic acid groups (broad SMARTS) is 1. The number of ether oxygens (including phenoxy) is 11. The topological polar surface area (TPSA) is 180 Å². The van der Waals surface area contributed by atoms with E-state index in [0.717, 1.165) is 6.54 Å². The predicted octanol–water partition coefficient (Wildman–Crippen LogP) is -0.240. The van der Waals surface area contributed by atoms with E-state index in [1.807, 2.05) is 7.05 Å². The van der Waals surface area contributed by atoms with Crippen LogP contribution in [0, 0.1) is 0 Å². The van der Waals surface area contributed by atoms with Crippen LogP contribution in [0.25, 0.3) is 0 Å². The van der Waals surface area contributed by atoms with E-state index in [1.165, 1.54) is 0 Å². The number of hydrogen-bond donors (Lipinski definition) is 3. The summed E-state index contributed by atoms with van der Waals surface area (Å²) in [5.41, 5.74) is 0. The van der Waals surface area contributed by atoms with Crippen molar-refractivity contribution in [1.82, 2.24) is 10.6 Å². The van der Waals surface area contributed by atoms with Crippen LogP contribution in [-0.2, 0) is 61.7 Å². The smallest absolute Gasteiger partial charge is 0.303 e. The van der Waals surface area contributed by atoms with Gasteiger partial charge < -0.3 is 67.8 Å². The summed E-state index contributed by atoms with van der Waals surface area (Å²) in [6.45, 7) is 12.5. The fourth-order valence-corrected chi connectivity index (χ4v) is 3.19. The number of carboxylic acids is 1. The zero-order valence-corrected chi connectivity index (χ0v) is 27.8. The van der Waals surface area contributed by atoms with Crippen molar-refractivity contribution >= 4 is 11.9 Å². The van der Waals surface area contributed by atoms with E-state index in [2.05, 4.69) is 10.6 Å². The van der Waals surface area contributed by atoms with Gasteiger partial charge in [-0.2, -0.15) is 0 Å². The van der Waals surface area contributed by atoms with Gasteiger partial charge in [0.05, 0.1) is 145 Å². The average molecular weight is 673 g/mol. The summed E-state index contributed by atoms with van der Waals surface area (Å²) in [7, 11) is 1.89. The molecule has 0 radical (unpaired) electrons. The number of nitrogens with one attached hydrogen (secondary N) is 2. The number of carbonyl (C=O) groups excluding carboxylic acids is 1. The molecule has 0 aromatic carbocycles. The van der Waals surface area contributed by atoms with Crippen molar-refractivity contribution in [2.75, 3.05) is 165 Å². The fraction of sp³-hybridized carbons (Fsp3) is 0.933. The van der Waals surface area contributed by atoms with E-state index < -0.39 is 5.97 Å². The minimum Gasteiger partial charge on any atom is -0.481 e. The maximum atomic E-state index is 11.4. The van der Waals surface area contributed by atoms with E-state index in [9.17, 15) is 9.59 Å². The van der Waals surface area contributed by atoms with E-state index in [1.54, 1.807) is 0 Å². The van der Waals surface area contributed by atoms with E-state index in [-0.39, 0.29) is 18.7 Å². The number of rotatable bonds is 40. The Morgan fingerprint density at radius 2 is 0.696 bits per heavy atom. The van der Waals surface area contributed by atoms with Gasteiger partial charge in [0, 0.05) is 26.1 Å². The van der Waals surface area contributed by atoms with Gasteiger partial charge in [0.2, 0.25) is 5.91 Å². The third-order valence-corrected chi connectivity index (χ3v) is 5.57. The quantitative estimate of drug-likeness (QED) is 0.0726. The molecule has 0 bridgehead atoms. The minimum absolute atomic E-state index is 0.00949. The molecule has 0 aromatic rings. The molecule has 3 N–H and O–H groups in total. The second-order valence-electron chi connectivity index (χ2n) is 9.44. The lowest BCUT2D eigenvalue weighted by Crippen LogP contribution is -2.25. The lowest BCUT2D eigenvalue weighted by molar-refractivity contribution is -0.138. The maximum absolute atomic E-state index is 11.4. The summed E-state index contributed by atoms with van der Waals surface area (Å²) in [5, 5.41) is 14.2. The van der Waals surface area contributed by atoms with Crippen molar-refractivity contribution in [2.24, 2.45) is 0 Å². The molecule has 46 heavy (non-hydrogen) atoms. The van der Waals surface area contributed by atoms with Crippen molar-refractivity contribution in [1.29, 1.82) is 0 Å². The monoisotopic (exact) mass is 672 g/mol. The zero-order chi connectivity index (χ0) is 33.4. The Morgan fingerprint density at radius 1 is 0.413 bits per heavy atom. The number of likely N-dealkylation sites (N-methyl/N-ethyl adjacent to an activating group) is 1. The van der Waals surface area contributed by atoms with Gasteiger partial charge in [-0.05, 0) is 13.5 Å². The van der Waals surface area contributed by atoms with Crippen LogP contribution in [-0.4, -0.2) is 182 Å². The van der Waals surface area contributed by atoms with E-state index >= 15 is 0 Å². The zero-order valence-electron chi connectivity index (χ0n) is 27.8. The first-order valence-electron chi connectivity index (χ1n) is 16.1. The van der Waals surface area contributed by atoms with Crippen LogP contribution in [0.4, 0.5) is 0 Å². The van der Waals surface area contributed by atoms with Gasteiger partial charge in [-0.25, -0.2) is 0 Å². The Bertz CT molecular complexity index is 636. The molecule has 0 fully saturated rings. The number of carbonyl (C=O) groups is 2. The van der Waals surface area contributed by atoms with Gasteiger partial charge in [0.1, 0.15) is 0 Å². The molecule has 0 aliphatic heterocycles. The highest BCUT2D eigenvalue weighted by molar-refractivity contribution is 5.80. The molecule has 0 saturated carbocycles. The van der Waals surface area contributed by atoms with Gasteiger partial charge in [0.15, 0.2) is 0 Å². The van der Waals surface area contributed by atoms with Crippen molar-refractivity contribution < 1.29 is 66.8 Å². The lowest BCUT2D eigenvalue weighted by atomic mass is 10.3. The second-order valence-corrected chi connectivity index (χ2v) is 9.44. The Hall–Kier alpha value is -1.54. The first-order chi connectivity index (χ1) is 22.7. The first-order valence-corrected chi connectivity index (χ1v) is 16.1. The largest absolute Gasteiger partial charge is 0.481 e. The van der Waals surface area contributed by atoms with Crippen molar-refractivity contribution in [3.05, 3.63) is 0 Å². The highest BCUT2D eigenvalue weighted by Gasteiger charge is 2.04. The molecule has 0 spiro atoms. The van der Waals surface area contributed by atoms with Crippen LogP contribution in [0.2, 0.25) is 0 Å². The maximum Gasteiger partial charge on any atom is 0.303 e. The molecule has 0 saturated heterocycles. The van der Waals surface area contributed by atoms with Crippen LogP contribution >= 0.6 is 0 Å². The van der Waals surface area contributed by atoms with Gasteiger partial charge in [0.25, 0.3) is 0 Å². The molecule has 16 nitrogen and oxygen atoms in total. The third kappa shape index (κ3) is 40.5. The summed E-state index contributed by atoms with van der Waals surface area (Å²) in [4.78, 5) is 21.8. The van der Waals surface area contributed by atoms with Gasteiger partial charge >= 0.3 is 5.97 Å². The van der Waals surface area contributed by atoms with Crippen molar-refractivity contribution in [2.45, 2.75) is 19.3 Å². The standard InChI is InChI=1S/C30H60N2O14/c1-31-6-8-37-10-12-39-14-16-41-18-20-43-22-24-45-26-28-46-27-25-44-23-21-42-19-17-40-15-13-38-11-9-36-7-2-5-32-29(33)3-4-30(34)35/h31H,2-28H2,1H3,(H,32,33)(H,34,35). The molecule has 0 atom stereocenters. The summed E-state index contributed by atoms with van der Waals surface area (Å²) in [6.07, 6.45) is 0.480. The Kier molecular flexibility index (Phi) is 38.3. The van der Waals surface area contributed by atoms with Crippen LogP contribution in [0.15, 0.2) is 0 Å². The average Bonchev–Trinajstić information content (AvgIpc) is 3.05. The van der Waals surface area contributed by atoms with Crippen molar-refractivity contribution in [3.8, 4) is 0 Å². The molecule has 0 aliphatic carbocycles. The van der Waals surface area contributed by atoms with Crippen LogP contribution in [0.3, 0.4) is 0 Å². The van der Waals surface area contributed by atoms with E-state index in [0.29, 0.717) is 158 Å². The van der Waals surface area contributed by atoms with E-state index in [4.69, 9.17) is 57.2 Å². The van der Waals surface area contributed by atoms with Crippen LogP contribution < -0.4 is 10.6 Å². The lowest BCUT2D eigenvalue weighted by Gasteiger charge is -2.09. The van der Waals surface area contributed by atoms with Crippen molar-refractivity contribution in [3.63, 3.8) is 0 Å². The van der Waals surface area contributed by atoms with Crippen LogP contribution in [0.1, 0.15) is 19.3 Å². The highest BCUT2D eigenvalue weighted by Crippen LogP contribution is 1.90. The first kappa shape index (κ1) is 44.5. The predicted molar refractivity (Wildman–Crippen MR) is 167 cm³/mol. The Morgan fingerprint density at radius 3 is 0.978 bits per heavy atom. The second kappa shape index (κ2) is 39.6. The van der Waals surface area contributed by atoms with Crippen LogP contribution in [0.5, 0.6) is 0 Å². The molecular weight excluding hydrogens is 612 g/mol. The normalized spacial score (nSPS) is 11.3. The number of amides is 1. The summed E-state index contributed by atoms with van der Waals surface area (Å²) in [6, 6.07) is 0. The third-order valence-electron chi connectivity index (χ3n) is 5.57. The van der Waals surface area contributed by atoms with Gasteiger partial charge in [-0.3, -0.25) is 9.59 Å². The molecule has 274 valence electrons. The highest BCUT2D eigenvalue weighted by atomic mass is 16.6. The molecule has 1 amide bonds. The Balaban J connectivity index is 3.08. The molecule has 16 heteroatoms. The Labute approximate surface area is 274 Å².